The predicted molar refractivity (Wildman–Crippen MR) is 101 cm³/mol. The number of unbranched alkanes of at least 4 members (excludes halogenated alkanes) is 10. The smallest absolute Gasteiger partial charge is 0.220 e. The highest BCUT2D eigenvalue weighted by Gasteiger charge is 2.38. The first-order chi connectivity index (χ1) is 12.6. The molecule has 0 bridgehead atoms. The van der Waals surface area contributed by atoms with Crippen molar-refractivity contribution in [2.75, 3.05) is 6.61 Å². The molecule has 0 aromatic rings. The molecule has 153 valence electrons. The Kier molecular flexibility index (Phi) is 12.9. The lowest BCUT2D eigenvalue weighted by Crippen LogP contribution is -2.58. The van der Waals surface area contributed by atoms with Gasteiger partial charge in [-0.05, 0) is 6.42 Å². The standard InChI is InChI=1S/C20H38NO5/c1-2-3-4-5-6-7-8-9-10-11-12-13-18(23)21-16-15-26-17(14-22)20(25)19(16)24/h15-17,19-20,22,24-25H,2-14H2,1H3,(H,21,23)/t16-,17+,19+,20+/m0/s1. The van der Waals surface area contributed by atoms with Crippen molar-refractivity contribution < 1.29 is 24.9 Å². The lowest BCUT2D eigenvalue weighted by atomic mass is 9.98. The molecule has 0 spiro atoms. The molecule has 26 heavy (non-hydrogen) atoms. The number of hydrogen-bond donors (Lipinski definition) is 4. The van der Waals surface area contributed by atoms with Gasteiger partial charge in [0, 0.05) is 6.42 Å². The van der Waals surface area contributed by atoms with E-state index in [9.17, 15) is 15.0 Å². The maximum absolute atomic E-state index is 11.9. The van der Waals surface area contributed by atoms with Gasteiger partial charge in [0.2, 0.25) is 5.91 Å². The Balaban J connectivity index is 1.99. The second kappa shape index (κ2) is 14.4. The molecule has 4 N–H and O–H groups in total. The maximum Gasteiger partial charge on any atom is 0.220 e. The van der Waals surface area contributed by atoms with E-state index >= 15 is 0 Å². The molecule has 1 aliphatic rings. The molecule has 1 saturated heterocycles. The first kappa shape index (κ1) is 23.3. The Morgan fingerprint density at radius 1 is 0.923 bits per heavy atom. The predicted octanol–water partition coefficient (Wildman–Crippen LogP) is 2.45. The number of hydrogen-bond acceptors (Lipinski definition) is 5. The molecule has 1 aliphatic heterocycles. The topological polar surface area (TPSA) is 99.0 Å². The molecule has 6 nitrogen and oxygen atoms in total. The van der Waals surface area contributed by atoms with Crippen LogP contribution in [0.15, 0.2) is 0 Å². The number of carbonyl (C=O) groups excluding carboxylic acids is 1. The lowest BCUT2D eigenvalue weighted by molar-refractivity contribution is -0.145. The molecule has 4 atom stereocenters. The average Bonchev–Trinajstić information content (AvgIpc) is 2.64. The summed E-state index contributed by atoms with van der Waals surface area (Å²) in [6.07, 6.45) is 10.7. The van der Waals surface area contributed by atoms with Crippen LogP contribution in [0.1, 0.15) is 84.0 Å². The normalized spacial score (nSPS) is 26.0. The summed E-state index contributed by atoms with van der Waals surface area (Å²) < 4.78 is 5.13. The van der Waals surface area contributed by atoms with Crippen LogP contribution in [0.3, 0.4) is 0 Å². The second-order valence-corrected chi connectivity index (χ2v) is 7.35. The third-order valence-electron chi connectivity index (χ3n) is 5.01. The van der Waals surface area contributed by atoms with E-state index in [0.29, 0.717) is 6.42 Å². The van der Waals surface area contributed by atoms with Gasteiger partial charge in [-0.2, -0.15) is 0 Å². The fourth-order valence-corrected chi connectivity index (χ4v) is 3.26. The molecule has 0 aliphatic carbocycles. The zero-order valence-corrected chi connectivity index (χ0v) is 16.2. The van der Waals surface area contributed by atoms with E-state index in [1.807, 2.05) is 0 Å². The van der Waals surface area contributed by atoms with Crippen LogP contribution in [0.4, 0.5) is 0 Å². The molecule has 0 aromatic carbocycles. The summed E-state index contributed by atoms with van der Waals surface area (Å²) in [6.45, 7) is 3.14. The van der Waals surface area contributed by atoms with Crippen molar-refractivity contribution in [3.8, 4) is 0 Å². The Bertz CT molecular complexity index is 366. The van der Waals surface area contributed by atoms with Gasteiger partial charge in [-0.3, -0.25) is 4.79 Å². The molecular formula is C20H38NO5. The number of rotatable bonds is 14. The van der Waals surface area contributed by atoms with Gasteiger partial charge >= 0.3 is 0 Å². The Morgan fingerprint density at radius 2 is 1.46 bits per heavy atom. The minimum atomic E-state index is -1.21. The van der Waals surface area contributed by atoms with Crippen molar-refractivity contribution >= 4 is 5.91 Å². The summed E-state index contributed by atoms with van der Waals surface area (Å²) in [4.78, 5) is 11.9. The van der Waals surface area contributed by atoms with E-state index in [2.05, 4.69) is 12.2 Å². The number of nitrogens with one attached hydrogen (secondary N) is 1. The van der Waals surface area contributed by atoms with Crippen LogP contribution in [-0.4, -0.2) is 52.2 Å². The van der Waals surface area contributed by atoms with Gasteiger partial charge in [0.1, 0.15) is 24.9 Å². The first-order valence-corrected chi connectivity index (χ1v) is 10.3. The molecule has 6 heteroatoms. The van der Waals surface area contributed by atoms with E-state index in [4.69, 9.17) is 9.84 Å². The average molecular weight is 373 g/mol. The number of aliphatic hydroxyl groups excluding tert-OH is 3. The quantitative estimate of drug-likeness (QED) is 0.351. The molecule has 0 saturated carbocycles. The van der Waals surface area contributed by atoms with Crippen LogP contribution in [-0.2, 0) is 9.53 Å². The third-order valence-corrected chi connectivity index (χ3v) is 5.01. The van der Waals surface area contributed by atoms with Crippen LogP contribution in [0.2, 0.25) is 0 Å². The van der Waals surface area contributed by atoms with Crippen molar-refractivity contribution in [1.29, 1.82) is 0 Å². The van der Waals surface area contributed by atoms with E-state index < -0.39 is 24.4 Å². The molecule has 0 aromatic heterocycles. The van der Waals surface area contributed by atoms with Crippen LogP contribution in [0.5, 0.6) is 0 Å². The molecule has 1 radical (unpaired) electrons. The highest BCUT2D eigenvalue weighted by Crippen LogP contribution is 2.18. The molecule has 1 rings (SSSR count). The van der Waals surface area contributed by atoms with E-state index in [0.717, 1.165) is 19.3 Å². The number of aliphatic hydroxyl groups is 3. The fourth-order valence-electron chi connectivity index (χ4n) is 3.26. The number of ether oxygens (including phenoxy) is 1. The Labute approximate surface area is 158 Å². The number of carbonyl (C=O) groups is 1. The molecule has 1 fully saturated rings. The summed E-state index contributed by atoms with van der Waals surface area (Å²) in [6, 6.07) is -0.743. The largest absolute Gasteiger partial charge is 0.394 e. The van der Waals surface area contributed by atoms with Gasteiger partial charge < -0.3 is 25.4 Å². The van der Waals surface area contributed by atoms with Gasteiger partial charge in [-0.15, -0.1) is 0 Å². The summed E-state index contributed by atoms with van der Waals surface area (Å²) in [7, 11) is 0. The highest BCUT2D eigenvalue weighted by atomic mass is 16.5. The van der Waals surface area contributed by atoms with Crippen molar-refractivity contribution in [2.45, 2.75) is 108 Å². The van der Waals surface area contributed by atoms with Crippen LogP contribution in [0, 0.1) is 6.61 Å². The fraction of sp³-hybridized carbons (Fsp3) is 0.900. The zero-order valence-electron chi connectivity index (χ0n) is 16.2. The molecule has 1 heterocycles. The van der Waals surface area contributed by atoms with Crippen molar-refractivity contribution in [3.05, 3.63) is 6.61 Å². The van der Waals surface area contributed by atoms with Crippen molar-refractivity contribution in [3.63, 3.8) is 0 Å². The van der Waals surface area contributed by atoms with E-state index in [-0.39, 0.29) is 12.5 Å². The molecule has 1 amide bonds. The Hall–Kier alpha value is -0.690. The summed E-state index contributed by atoms with van der Waals surface area (Å²) in [5.41, 5.74) is 0. The van der Waals surface area contributed by atoms with Crippen molar-refractivity contribution in [1.82, 2.24) is 5.32 Å². The summed E-state index contributed by atoms with van der Waals surface area (Å²) in [5.74, 6) is -0.153. The minimum absolute atomic E-state index is 0.153. The summed E-state index contributed by atoms with van der Waals surface area (Å²) in [5, 5.41) is 31.4. The van der Waals surface area contributed by atoms with E-state index in [1.54, 1.807) is 0 Å². The van der Waals surface area contributed by atoms with E-state index in [1.165, 1.54) is 58.0 Å². The van der Waals surface area contributed by atoms with Gasteiger partial charge in [-0.1, -0.05) is 71.1 Å². The van der Waals surface area contributed by atoms with Crippen LogP contribution in [0.25, 0.3) is 0 Å². The highest BCUT2D eigenvalue weighted by molar-refractivity contribution is 5.76. The van der Waals surface area contributed by atoms with Gasteiger partial charge in [-0.25, -0.2) is 0 Å². The van der Waals surface area contributed by atoms with Crippen LogP contribution < -0.4 is 5.32 Å². The van der Waals surface area contributed by atoms with Gasteiger partial charge in [0.15, 0.2) is 0 Å². The summed E-state index contributed by atoms with van der Waals surface area (Å²) >= 11 is 0. The van der Waals surface area contributed by atoms with Gasteiger partial charge in [0.25, 0.3) is 0 Å². The number of amides is 1. The minimum Gasteiger partial charge on any atom is -0.394 e. The SMILES string of the molecule is CCCCCCCCCCCCCC(=O)N[C@H]1[CH]O[C@H](CO)[C@@H](O)[C@@H]1O. The second-order valence-electron chi connectivity index (χ2n) is 7.35. The molecule has 0 unspecified atom stereocenters. The first-order valence-electron chi connectivity index (χ1n) is 10.3. The van der Waals surface area contributed by atoms with Crippen molar-refractivity contribution in [2.24, 2.45) is 0 Å². The zero-order chi connectivity index (χ0) is 19.2. The Morgan fingerprint density at radius 3 is 2.00 bits per heavy atom. The monoisotopic (exact) mass is 372 g/mol. The molecular weight excluding hydrogens is 334 g/mol. The lowest BCUT2D eigenvalue weighted by Gasteiger charge is -2.36. The third kappa shape index (κ3) is 9.31. The van der Waals surface area contributed by atoms with Crippen LogP contribution >= 0.6 is 0 Å². The van der Waals surface area contributed by atoms with Gasteiger partial charge in [0.05, 0.1) is 12.6 Å². The maximum atomic E-state index is 11.9.